The predicted molar refractivity (Wildman–Crippen MR) is 95.9 cm³/mol. The Morgan fingerprint density at radius 1 is 0.727 bits per heavy atom. The normalized spacial score (nSPS) is 12.8. The van der Waals surface area contributed by atoms with Crippen molar-refractivity contribution in [1.82, 2.24) is 0 Å². The Kier molecular flexibility index (Phi) is 15.8. The molecule has 0 spiro atoms. The minimum absolute atomic E-state index is 0.258. The molecule has 1 N–H and O–H groups in total. The summed E-state index contributed by atoms with van der Waals surface area (Å²) in [5.41, 5.74) is 0. The van der Waals surface area contributed by atoms with E-state index in [2.05, 4.69) is 67.7 Å². The van der Waals surface area contributed by atoms with Crippen LogP contribution < -0.4 is 0 Å². The fraction of sp³-hybridized carbons (Fsp3) is 0.450. The second-order valence-electron chi connectivity index (χ2n) is 4.99. The van der Waals surface area contributed by atoms with Crippen molar-refractivity contribution in [2.45, 2.75) is 58.3 Å². The highest BCUT2D eigenvalue weighted by Crippen LogP contribution is 1.99. The van der Waals surface area contributed by atoms with Gasteiger partial charge >= 0.3 is 5.97 Å². The SMILES string of the molecule is CC/C=C\C/C=C\CC=CCC=CC/C=C\CCCC(=O)O. The van der Waals surface area contributed by atoms with Crippen LogP contribution in [0.2, 0.25) is 0 Å². The molecular formula is C20H30O2. The minimum Gasteiger partial charge on any atom is -0.481 e. The molecule has 0 fully saturated rings. The van der Waals surface area contributed by atoms with E-state index in [9.17, 15) is 4.79 Å². The van der Waals surface area contributed by atoms with Crippen LogP contribution in [0.25, 0.3) is 0 Å². The van der Waals surface area contributed by atoms with Crippen molar-refractivity contribution in [3.05, 3.63) is 60.8 Å². The lowest BCUT2D eigenvalue weighted by Gasteiger charge is -1.89. The average Bonchev–Trinajstić information content (AvgIpc) is 2.50. The molecule has 22 heavy (non-hydrogen) atoms. The summed E-state index contributed by atoms with van der Waals surface area (Å²) in [6.07, 6.45) is 28.4. The lowest BCUT2D eigenvalue weighted by Crippen LogP contribution is -1.92. The van der Waals surface area contributed by atoms with E-state index in [0.717, 1.165) is 44.9 Å². The molecule has 0 radical (unpaired) electrons. The standard InChI is InChI=1S/C20H30O2/c1-2-3-4-5-6-7-8-9-10-11-12-13-14-15-16-17-18-19-20(21)22/h3-4,6-7,9-10,12-13,15-16H,2,5,8,11,14,17-19H2,1H3,(H,21,22)/b4-3-,7-6-,10-9?,13-12?,16-15-. The summed E-state index contributed by atoms with van der Waals surface area (Å²) in [7, 11) is 0. The summed E-state index contributed by atoms with van der Waals surface area (Å²) in [4.78, 5) is 10.3. The zero-order valence-corrected chi connectivity index (χ0v) is 13.8. The molecular weight excluding hydrogens is 272 g/mol. The highest BCUT2D eigenvalue weighted by atomic mass is 16.4. The first-order valence-electron chi connectivity index (χ1n) is 8.24. The van der Waals surface area contributed by atoms with Gasteiger partial charge in [0.1, 0.15) is 0 Å². The maximum absolute atomic E-state index is 10.3. The predicted octanol–water partition coefficient (Wildman–Crippen LogP) is 5.99. The van der Waals surface area contributed by atoms with Crippen LogP contribution >= 0.6 is 0 Å². The smallest absolute Gasteiger partial charge is 0.303 e. The minimum atomic E-state index is -0.715. The van der Waals surface area contributed by atoms with Gasteiger partial charge in [0.15, 0.2) is 0 Å². The molecule has 0 aromatic rings. The molecule has 0 aliphatic rings. The molecule has 0 saturated carbocycles. The fourth-order valence-corrected chi connectivity index (χ4v) is 1.74. The first kappa shape index (κ1) is 20.2. The van der Waals surface area contributed by atoms with Crippen molar-refractivity contribution in [2.24, 2.45) is 0 Å². The van der Waals surface area contributed by atoms with Crippen molar-refractivity contribution in [3.63, 3.8) is 0 Å². The second-order valence-corrected chi connectivity index (χ2v) is 4.99. The maximum Gasteiger partial charge on any atom is 0.303 e. The molecule has 2 heteroatoms. The third kappa shape index (κ3) is 18.2. The van der Waals surface area contributed by atoms with E-state index >= 15 is 0 Å². The Labute approximate surface area is 135 Å². The molecule has 122 valence electrons. The fourth-order valence-electron chi connectivity index (χ4n) is 1.74. The number of hydrogen-bond donors (Lipinski definition) is 1. The van der Waals surface area contributed by atoms with E-state index < -0.39 is 5.97 Å². The molecule has 0 rings (SSSR count). The Bertz CT molecular complexity index is 398. The molecule has 0 aliphatic carbocycles. The number of allylic oxidation sites excluding steroid dienone is 10. The van der Waals surface area contributed by atoms with Crippen LogP contribution in [-0.2, 0) is 4.79 Å². The number of carboxylic acid groups (broad SMARTS) is 1. The van der Waals surface area contributed by atoms with Gasteiger partial charge in [0, 0.05) is 6.42 Å². The largest absolute Gasteiger partial charge is 0.481 e. The van der Waals surface area contributed by atoms with Gasteiger partial charge in [-0.05, 0) is 44.9 Å². The van der Waals surface area contributed by atoms with Gasteiger partial charge in [0.05, 0.1) is 0 Å². The summed E-state index contributed by atoms with van der Waals surface area (Å²) in [6.45, 7) is 2.14. The van der Waals surface area contributed by atoms with E-state index in [1.54, 1.807) is 0 Å². The molecule has 0 aromatic carbocycles. The van der Waals surface area contributed by atoms with Crippen LogP contribution in [-0.4, -0.2) is 11.1 Å². The molecule has 0 saturated heterocycles. The van der Waals surface area contributed by atoms with Gasteiger partial charge in [-0.15, -0.1) is 0 Å². The molecule has 0 aliphatic heterocycles. The van der Waals surface area contributed by atoms with Crippen LogP contribution in [0.1, 0.15) is 58.3 Å². The van der Waals surface area contributed by atoms with Crippen LogP contribution in [0, 0.1) is 0 Å². The molecule has 0 aromatic heterocycles. The second kappa shape index (κ2) is 17.2. The lowest BCUT2D eigenvalue weighted by molar-refractivity contribution is -0.137. The van der Waals surface area contributed by atoms with E-state index in [-0.39, 0.29) is 6.42 Å². The van der Waals surface area contributed by atoms with Crippen LogP contribution in [0.3, 0.4) is 0 Å². The van der Waals surface area contributed by atoms with E-state index in [1.807, 2.05) is 0 Å². The van der Waals surface area contributed by atoms with Gasteiger partial charge in [-0.25, -0.2) is 0 Å². The Hall–Kier alpha value is -1.83. The van der Waals surface area contributed by atoms with Crippen molar-refractivity contribution < 1.29 is 9.90 Å². The Morgan fingerprint density at radius 2 is 1.14 bits per heavy atom. The van der Waals surface area contributed by atoms with Crippen molar-refractivity contribution >= 4 is 5.97 Å². The number of carboxylic acids is 1. The van der Waals surface area contributed by atoms with Gasteiger partial charge in [-0.3, -0.25) is 4.79 Å². The molecule has 0 amide bonds. The summed E-state index contributed by atoms with van der Waals surface area (Å²) in [5, 5.41) is 8.49. The summed E-state index contributed by atoms with van der Waals surface area (Å²) in [6, 6.07) is 0. The molecule has 0 bridgehead atoms. The van der Waals surface area contributed by atoms with Gasteiger partial charge in [-0.1, -0.05) is 67.7 Å². The average molecular weight is 302 g/mol. The zero-order valence-electron chi connectivity index (χ0n) is 13.8. The quantitative estimate of drug-likeness (QED) is 0.335. The van der Waals surface area contributed by atoms with E-state index in [1.165, 1.54) is 0 Å². The zero-order chi connectivity index (χ0) is 16.3. The Morgan fingerprint density at radius 3 is 1.55 bits per heavy atom. The lowest BCUT2D eigenvalue weighted by atomic mass is 10.2. The first-order chi connectivity index (χ1) is 10.8. The van der Waals surface area contributed by atoms with Gasteiger partial charge in [0.25, 0.3) is 0 Å². The maximum atomic E-state index is 10.3. The third-order valence-corrected chi connectivity index (χ3v) is 2.92. The van der Waals surface area contributed by atoms with E-state index in [0.29, 0.717) is 0 Å². The topological polar surface area (TPSA) is 37.3 Å². The first-order valence-corrected chi connectivity index (χ1v) is 8.24. The number of aliphatic carboxylic acids is 1. The van der Waals surface area contributed by atoms with Crippen LogP contribution in [0.5, 0.6) is 0 Å². The van der Waals surface area contributed by atoms with Crippen molar-refractivity contribution in [3.8, 4) is 0 Å². The summed E-state index contributed by atoms with van der Waals surface area (Å²) in [5.74, 6) is -0.715. The third-order valence-electron chi connectivity index (χ3n) is 2.92. The van der Waals surface area contributed by atoms with Crippen LogP contribution in [0.4, 0.5) is 0 Å². The number of unbranched alkanes of at least 4 members (excludes halogenated alkanes) is 1. The number of carbonyl (C=O) groups is 1. The molecule has 0 heterocycles. The molecule has 0 unspecified atom stereocenters. The number of hydrogen-bond acceptors (Lipinski definition) is 1. The monoisotopic (exact) mass is 302 g/mol. The van der Waals surface area contributed by atoms with E-state index in [4.69, 9.17) is 5.11 Å². The van der Waals surface area contributed by atoms with Crippen LogP contribution in [0.15, 0.2) is 60.8 Å². The van der Waals surface area contributed by atoms with Gasteiger partial charge in [0.2, 0.25) is 0 Å². The van der Waals surface area contributed by atoms with Crippen molar-refractivity contribution in [2.75, 3.05) is 0 Å². The van der Waals surface area contributed by atoms with Gasteiger partial charge < -0.3 is 5.11 Å². The summed E-state index contributed by atoms with van der Waals surface area (Å²) < 4.78 is 0. The molecule has 2 nitrogen and oxygen atoms in total. The summed E-state index contributed by atoms with van der Waals surface area (Å²) >= 11 is 0. The van der Waals surface area contributed by atoms with Crippen molar-refractivity contribution in [1.29, 1.82) is 0 Å². The highest BCUT2D eigenvalue weighted by Gasteiger charge is 1.92. The highest BCUT2D eigenvalue weighted by molar-refractivity contribution is 5.66. The number of rotatable bonds is 13. The molecule has 0 atom stereocenters. The van der Waals surface area contributed by atoms with Gasteiger partial charge in [-0.2, -0.15) is 0 Å². The Balaban J connectivity index is 3.46.